The Balaban J connectivity index is 5.07. The van der Waals surface area contributed by atoms with Gasteiger partial charge in [0.25, 0.3) is 0 Å². The molecule has 0 aromatic rings. The first-order chi connectivity index (χ1) is 10.1. The normalized spacial score (nSPS) is 21.5. The molecule has 0 spiro atoms. The second-order valence-corrected chi connectivity index (χ2v) is 7.96. The summed E-state index contributed by atoms with van der Waals surface area (Å²) in [6.45, 7) is 24.4. The number of allylic oxidation sites excluding steroid dienone is 1. The molecule has 0 bridgehead atoms. The van der Waals surface area contributed by atoms with Gasteiger partial charge in [0, 0.05) is 0 Å². The van der Waals surface area contributed by atoms with E-state index in [1.54, 1.807) is 0 Å². The molecule has 0 fully saturated rings. The Morgan fingerprint density at radius 3 is 1.73 bits per heavy atom. The van der Waals surface area contributed by atoms with E-state index in [1.165, 1.54) is 5.57 Å². The van der Waals surface area contributed by atoms with Gasteiger partial charge >= 0.3 is 0 Å². The van der Waals surface area contributed by atoms with Crippen molar-refractivity contribution in [3.05, 3.63) is 17.1 Å². The van der Waals surface area contributed by atoms with Gasteiger partial charge in [-0.25, -0.2) is 0 Å². The van der Waals surface area contributed by atoms with Crippen LogP contribution in [0.5, 0.6) is 0 Å². The summed E-state index contributed by atoms with van der Waals surface area (Å²) in [5, 5.41) is 3.53. The average Bonchev–Trinajstić information content (AvgIpc) is 2.51. The summed E-state index contributed by atoms with van der Waals surface area (Å²) < 4.78 is 0. The van der Waals surface area contributed by atoms with Crippen LogP contribution in [0, 0.1) is 46.3 Å². The first-order valence-electron chi connectivity index (χ1n) is 9.11. The molecule has 7 atom stereocenters. The number of hydrogen-bond acceptors (Lipinski definition) is 2. The van der Waals surface area contributed by atoms with Gasteiger partial charge in [-0.15, -0.1) is 0 Å². The summed E-state index contributed by atoms with van der Waals surface area (Å²) >= 11 is 0. The third-order valence-electron chi connectivity index (χ3n) is 6.54. The van der Waals surface area contributed by atoms with Crippen molar-refractivity contribution in [2.24, 2.45) is 46.6 Å². The summed E-state index contributed by atoms with van der Waals surface area (Å²) in [6, 6.07) is -0.131. The van der Waals surface area contributed by atoms with Gasteiger partial charge < -0.3 is 0 Å². The number of rotatable bonds is 10. The number of nitroso groups, excluding NO2 is 1. The monoisotopic (exact) mass is 309 g/mol. The van der Waals surface area contributed by atoms with Crippen molar-refractivity contribution in [1.29, 1.82) is 0 Å². The highest BCUT2D eigenvalue weighted by atomic mass is 16.3. The van der Waals surface area contributed by atoms with Crippen LogP contribution in [0.2, 0.25) is 0 Å². The standard InChI is InChI=1S/C20H39NO/c1-11-13(4)15(6)16(7)17(8)19(10)20(21-22)18(9)14(5)12(2)3/h12-15,17-20H,7,11H2,1-6,8-10H3. The molecule has 0 aliphatic heterocycles. The van der Waals surface area contributed by atoms with Gasteiger partial charge in [0.1, 0.15) is 0 Å². The molecule has 0 rings (SSSR count). The van der Waals surface area contributed by atoms with Crippen LogP contribution >= 0.6 is 0 Å². The minimum atomic E-state index is -0.131. The Labute approximate surface area is 139 Å². The molecular weight excluding hydrogens is 270 g/mol. The SMILES string of the molecule is C=C(C(C)C(C)CC)C(C)C(C)C(N=O)C(C)C(C)C(C)C. The van der Waals surface area contributed by atoms with Crippen molar-refractivity contribution in [3.8, 4) is 0 Å². The molecule has 0 amide bonds. The molecule has 7 unspecified atom stereocenters. The van der Waals surface area contributed by atoms with E-state index in [9.17, 15) is 4.91 Å². The molecule has 0 saturated heterocycles. The topological polar surface area (TPSA) is 29.4 Å². The minimum absolute atomic E-state index is 0.131. The van der Waals surface area contributed by atoms with Crippen molar-refractivity contribution in [3.63, 3.8) is 0 Å². The van der Waals surface area contributed by atoms with Crippen molar-refractivity contribution < 1.29 is 0 Å². The molecule has 0 aromatic heterocycles. The minimum Gasteiger partial charge on any atom is -0.150 e. The summed E-state index contributed by atoms with van der Waals surface area (Å²) in [5.74, 6) is 3.08. The first-order valence-corrected chi connectivity index (χ1v) is 9.11. The summed E-state index contributed by atoms with van der Waals surface area (Å²) in [6.07, 6.45) is 1.16. The lowest BCUT2D eigenvalue weighted by molar-refractivity contribution is 0.192. The van der Waals surface area contributed by atoms with Crippen LogP contribution in [0.4, 0.5) is 0 Å². The molecule has 0 aliphatic carbocycles. The maximum atomic E-state index is 11.5. The van der Waals surface area contributed by atoms with E-state index < -0.39 is 0 Å². The van der Waals surface area contributed by atoms with E-state index in [-0.39, 0.29) is 12.0 Å². The van der Waals surface area contributed by atoms with Crippen LogP contribution < -0.4 is 0 Å². The fraction of sp³-hybridized carbons (Fsp3) is 0.900. The molecule has 0 heterocycles. The fourth-order valence-electron chi connectivity index (χ4n) is 3.36. The molecule has 2 nitrogen and oxygen atoms in total. The van der Waals surface area contributed by atoms with E-state index >= 15 is 0 Å². The quantitative estimate of drug-likeness (QED) is 0.332. The Hall–Kier alpha value is -0.660. The Kier molecular flexibility index (Phi) is 9.19. The van der Waals surface area contributed by atoms with Gasteiger partial charge in [-0.1, -0.05) is 86.1 Å². The van der Waals surface area contributed by atoms with Gasteiger partial charge in [0.2, 0.25) is 0 Å². The molecule has 2 heteroatoms. The van der Waals surface area contributed by atoms with E-state index in [2.05, 4.69) is 74.1 Å². The van der Waals surface area contributed by atoms with Crippen LogP contribution in [0.15, 0.2) is 17.3 Å². The Bertz CT molecular complexity index is 350. The average molecular weight is 310 g/mol. The third-order valence-corrected chi connectivity index (χ3v) is 6.54. The predicted octanol–water partition coefficient (Wildman–Crippen LogP) is 6.56. The second kappa shape index (κ2) is 9.47. The van der Waals surface area contributed by atoms with Crippen molar-refractivity contribution in [2.75, 3.05) is 0 Å². The van der Waals surface area contributed by atoms with Gasteiger partial charge in [0.05, 0.1) is 6.04 Å². The largest absolute Gasteiger partial charge is 0.150 e. The maximum absolute atomic E-state index is 11.5. The Morgan fingerprint density at radius 1 is 0.864 bits per heavy atom. The molecule has 0 radical (unpaired) electrons. The lowest BCUT2D eigenvalue weighted by atomic mass is 9.71. The molecule has 22 heavy (non-hydrogen) atoms. The molecule has 0 aliphatic rings. The third kappa shape index (κ3) is 5.21. The van der Waals surface area contributed by atoms with Gasteiger partial charge in [-0.2, -0.15) is 4.91 Å². The number of nitrogens with zero attached hydrogens (tertiary/aromatic N) is 1. The van der Waals surface area contributed by atoms with Crippen LogP contribution in [0.1, 0.15) is 68.7 Å². The summed E-state index contributed by atoms with van der Waals surface area (Å²) in [5.41, 5.74) is 1.28. The molecule has 0 N–H and O–H groups in total. The van der Waals surface area contributed by atoms with Gasteiger partial charge in [-0.3, -0.25) is 0 Å². The zero-order chi connectivity index (χ0) is 17.6. The molecular formula is C20H39NO. The summed E-state index contributed by atoms with van der Waals surface area (Å²) in [4.78, 5) is 11.5. The van der Waals surface area contributed by atoms with E-state index in [0.29, 0.717) is 35.5 Å². The molecule has 0 saturated carbocycles. The lowest BCUT2D eigenvalue weighted by Gasteiger charge is -2.35. The summed E-state index contributed by atoms with van der Waals surface area (Å²) in [7, 11) is 0. The smallest absolute Gasteiger partial charge is 0.0978 e. The van der Waals surface area contributed by atoms with Crippen LogP contribution in [-0.2, 0) is 0 Å². The van der Waals surface area contributed by atoms with Crippen LogP contribution in [0.3, 0.4) is 0 Å². The zero-order valence-electron chi connectivity index (χ0n) is 16.4. The van der Waals surface area contributed by atoms with Gasteiger partial charge in [-0.05, 0) is 41.4 Å². The van der Waals surface area contributed by atoms with Gasteiger partial charge in [0.15, 0.2) is 0 Å². The molecule has 0 aromatic carbocycles. The molecule has 130 valence electrons. The lowest BCUT2D eigenvalue weighted by Crippen LogP contribution is -2.35. The number of hydrogen-bond donors (Lipinski definition) is 0. The fourth-order valence-corrected chi connectivity index (χ4v) is 3.36. The first kappa shape index (κ1) is 21.3. The van der Waals surface area contributed by atoms with E-state index in [4.69, 9.17) is 0 Å². The highest BCUT2D eigenvalue weighted by molar-refractivity contribution is 5.08. The van der Waals surface area contributed by atoms with Crippen molar-refractivity contribution >= 4 is 0 Å². The zero-order valence-corrected chi connectivity index (χ0v) is 16.4. The van der Waals surface area contributed by atoms with E-state index in [0.717, 1.165) is 6.42 Å². The van der Waals surface area contributed by atoms with E-state index in [1.807, 2.05) is 0 Å². The highest BCUT2D eigenvalue weighted by Crippen LogP contribution is 2.37. The predicted molar refractivity (Wildman–Crippen MR) is 98.8 cm³/mol. The van der Waals surface area contributed by atoms with Crippen molar-refractivity contribution in [1.82, 2.24) is 0 Å². The van der Waals surface area contributed by atoms with Crippen molar-refractivity contribution in [2.45, 2.75) is 74.8 Å². The second-order valence-electron chi connectivity index (χ2n) is 7.96. The highest BCUT2D eigenvalue weighted by Gasteiger charge is 2.34. The Morgan fingerprint density at radius 2 is 1.36 bits per heavy atom. The van der Waals surface area contributed by atoms with Crippen LogP contribution in [-0.4, -0.2) is 6.04 Å². The maximum Gasteiger partial charge on any atom is 0.0978 e. The van der Waals surface area contributed by atoms with Crippen LogP contribution in [0.25, 0.3) is 0 Å².